The van der Waals surface area contributed by atoms with Gasteiger partial charge in [0.1, 0.15) is 8.60 Å². The first-order chi connectivity index (χ1) is 5.84. The summed E-state index contributed by atoms with van der Waals surface area (Å²) in [7, 11) is -3.64. The van der Waals surface area contributed by atoms with Crippen LogP contribution in [0, 0.1) is 3.70 Å². The van der Waals surface area contributed by atoms with Crippen LogP contribution in [-0.2, 0) is 10.0 Å². The van der Waals surface area contributed by atoms with Gasteiger partial charge in [0.25, 0.3) is 0 Å². The van der Waals surface area contributed by atoms with Crippen LogP contribution < -0.4 is 5.14 Å². The SMILES string of the molecule is CC(C)n1ncc(S(N)(=O)=O)c1I. The molecular formula is C6H10IN3O2S. The molecular weight excluding hydrogens is 305 g/mol. The molecule has 0 aromatic carbocycles. The van der Waals surface area contributed by atoms with E-state index in [-0.39, 0.29) is 10.9 Å². The van der Waals surface area contributed by atoms with Gasteiger partial charge in [-0.15, -0.1) is 0 Å². The Bertz CT molecular complexity index is 410. The zero-order valence-corrected chi connectivity index (χ0v) is 10.2. The van der Waals surface area contributed by atoms with Gasteiger partial charge in [-0.05, 0) is 36.4 Å². The van der Waals surface area contributed by atoms with Gasteiger partial charge in [-0.25, -0.2) is 13.6 Å². The zero-order chi connectivity index (χ0) is 10.2. The maximum Gasteiger partial charge on any atom is 0.242 e. The predicted octanol–water partition coefficient (Wildman–Crippen LogP) is 0.716. The maximum atomic E-state index is 11.0. The van der Waals surface area contributed by atoms with Gasteiger partial charge in [-0.1, -0.05) is 0 Å². The first kappa shape index (κ1) is 10.9. The lowest BCUT2D eigenvalue weighted by atomic mass is 10.4. The summed E-state index contributed by atoms with van der Waals surface area (Å²) in [6.07, 6.45) is 1.27. The Labute approximate surface area is 90.5 Å². The van der Waals surface area contributed by atoms with Crippen LogP contribution in [0.15, 0.2) is 11.1 Å². The van der Waals surface area contributed by atoms with E-state index in [1.807, 2.05) is 36.4 Å². The summed E-state index contributed by atoms with van der Waals surface area (Å²) >= 11 is 1.92. The molecule has 0 bridgehead atoms. The Morgan fingerprint density at radius 1 is 1.62 bits per heavy atom. The standard InChI is InChI=1S/C6H10IN3O2S/c1-4(2)10-6(7)5(3-9-10)13(8,11)12/h3-4H,1-2H3,(H2,8,11,12). The molecule has 74 valence electrons. The van der Waals surface area contributed by atoms with Gasteiger partial charge in [-0.2, -0.15) is 5.10 Å². The average molecular weight is 315 g/mol. The number of halogens is 1. The second kappa shape index (κ2) is 3.54. The van der Waals surface area contributed by atoms with Gasteiger partial charge in [-0.3, -0.25) is 4.68 Å². The van der Waals surface area contributed by atoms with E-state index in [1.54, 1.807) is 4.68 Å². The van der Waals surface area contributed by atoms with Gasteiger partial charge < -0.3 is 0 Å². The van der Waals surface area contributed by atoms with Crippen molar-refractivity contribution in [2.45, 2.75) is 24.8 Å². The van der Waals surface area contributed by atoms with Gasteiger partial charge in [0, 0.05) is 6.04 Å². The molecule has 7 heteroatoms. The quantitative estimate of drug-likeness (QED) is 0.817. The third kappa shape index (κ3) is 2.20. The molecule has 0 amide bonds. The highest BCUT2D eigenvalue weighted by atomic mass is 127. The van der Waals surface area contributed by atoms with Crippen LogP contribution in [0.5, 0.6) is 0 Å². The van der Waals surface area contributed by atoms with Crippen LogP contribution in [0.2, 0.25) is 0 Å². The maximum absolute atomic E-state index is 11.0. The largest absolute Gasteiger partial charge is 0.255 e. The van der Waals surface area contributed by atoms with Gasteiger partial charge in [0.2, 0.25) is 10.0 Å². The number of nitrogens with zero attached hydrogens (tertiary/aromatic N) is 2. The Morgan fingerprint density at radius 3 is 2.38 bits per heavy atom. The fourth-order valence-corrected chi connectivity index (χ4v) is 3.15. The molecule has 0 unspecified atom stereocenters. The lowest BCUT2D eigenvalue weighted by Crippen LogP contribution is -2.14. The minimum atomic E-state index is -3.64. The smallest absolute Gasteiger partial charge is 0.242 e. The molecule has 0 fully saturated rings. The van der Waals surface area contributed by atoms with Crippen LogP contribution in [-0.4, -0.2) is 18.2 Å². The van der Waals surface area contributed by atoms with Crippen molar-refractivity contribution in [3.05, 3.63) is 9.90 Å². The predicted molar refractivity (Wildman–Crippen MR) is 56.7 cm³/mol. The number of sulfonamides is 1. The lowest BCUT2D eigenvalue weighted by molar-refractivity contribution is 0.518. The van der Waals surface area contributed by atoms with Crippen molar-refractivity contribution in [1.82, 2.24) is 9.78 Å². The van der Waals surface area contributed by atoms with E-state index in [1.165, 1.54) is 6.20 Å². The third-order valence-electron chi connectivity index (χ3n) is 1.50. The summed E-state index contributed by atoms with van der Waals surface area (Å²) < 4.78 is 24.2. The molecule has 1 aromatic rings. The summed E-state index contributed by atoms with van der Waals surface area (Å²) in [6, 6.07) is 0.127. The molecule has 1 heterocycles. The molecule has 1 rings (SSSR count). The molecule has 2 N–H and O–H groups in total. The van der Waals surface area contributed by atoms with Crippen molar-refractivity contribution in [3.63, 3.8) is 0 Å². The van der Waals surface area contributed by atoms with Crippen molar-refractivity contribution in [2.75, 3.05) is 0 Å². The zero-order valence-electron chi connectivity index (χ0n) is 7.23. The van der Waals surface area contributed by atoms with E-state index in [0.717, 1.165) is 0 Å². The van der Waals surface area contributed by atoms with Gasteiger partial charge >= 0.3 is 0 Å². The summed E-state index contributed by atoms with van der Waals surface area (Å²) in [5, 5.41) is 8.92. The Balaban J connectivity index is 3.30. The highest BCUT2D eigenvalue weighted by Crippen LogP contribution is 2.19. The van der Waals surface area contributed by atoms with Crippen LogP contribution in [0.3, 0.4) is 0 Å². The van der Waals surface area contributed by atoms with Crippen molar-refractivity contribution < 1.29 is 8.42 Å². The van der Waals surface area contributed by atoms with Crippen molar-refractivity contribution in [3.8, 4) is 0 Å². The minimum absolute atomic E-state index is 0.0850. The molecule has 13 heavy (non-hydrogen) atoms. The van der Waals surface area contributed by atoms with Crippen LogP contribution >= 0.6 is 22.6 Å². The molecule has 0 saturated heterocycles. The van der Waals surface area contributed by atoms with Crippen molar-refractivity contribution in [2.24, 2.45) is 5.14 Å². The number of rotatable bonds is 2. The second-order valence-corrected chi connectivity index (χ2v) is 5.43. The molecule has 0 saturated carbocycles. The third-order valence-corrected chi connectivity index (χ3v) is 3.85. The number of nitrogens with two attached hydrogens (primary N) is 1. The van der Waals surface area contributed by atoms with Gasteiger partial charge in [0.05, 0.1) is 6.20 Å². The fraction of sp³-hybridized carbons (Fsp3) is 0.500. The first-order valence-corrected chi connectivity index (χ1v) is 6.22. The van der Waals surface area contributed by atoms with E-state index in [2.05, 4.69) is 5.10 Å². The van der Waals surface area contributed by atoms with E-state index in [0.29, 0.717) is 3.70 Å². The minimum Gasteiger partial charge on any atom is -0.255 e. The summed E-state index contributed by atoms with van der Waals surface area (Å²) in [5.74, 6) is 0. The van der Waals surface area contributed by atoms with Crippen LogP contribution in [0.1, 0.15) is 19.9 Å². The second-order valence-electron chi connectivity index (χ2n) is 2.88. The Morgan fingerprint density at radius 2 is 2.15 bits per heavy atom. The first-order valence-electron chi connectivity index (χ1n) is 3.60. The molecule has 5 nitrogen and oxygen atoms in total. The summed E-state index contributed by atoms with van der Waals surface area (Å²) in [4.78, 5) is 0.0850. The van der Waals surface area contributed by atoms with Gasteiger partial charge in [0.15, 0.2) is 0 Å². The highest BCUT2D eigenvalue weighted by Gasteiger charge is 2.18. The highest BCUT2D eigenvalue weighted by molar-refractivity contribution is 14.1. The monoisotopic (exact) mass is 315 g/mol. The molecule has 1 aromatic heterocycles. The molecule has 0 aliphatic carbocycles. The molecule has 0 aliphatic rings. The number of primary sulfonamides is 1. The summed E-state index contributed by atoms with van der Waals surface area (Å²) in [5.41, 5.74) is 0. The number of hydrogen-bond acceptors (Lipinski definition) is 3. The lowest BCUT2D eigenvalue weighted by Gasteiger charge is -2.06. The number of aromatic nitrogens is 2. The number of hydrogen-bond donors (Lipinski definition) is 1. The van der Waals surface area contributed by atoms with E-state index >= 15 is 0 Å². The molecule has 0 aliphatic heterocycles. The van der Waals surface area contributed by atoms with E-state index < -0.39 is 10.0 Å². The Hall–Kier alpha value is -0.150. The van der Waals surface area contributed by atoms with E-state index in [9.17, 15) is 8.42 Å². The van der Waals surface area contributed by atoms with Crippen molar-refractivity contribution in [1.29, 1.82) is 0 Å². The topological polar surface area (TPSA) is 78.0 Å². The Kier molecular flexibility index (Phi) is 2.98. The van der Waals surface area contributed by atoms with Crippen LogP contribution in [0.4, 0.5) is 0 Å². The molecule has 0 radical (unpaired) electrons. The normalized spacial score (nSPS) is 12.4. The van der Waals surface area contributed by atoms with Crippen LogP contribution in [0.25, 0.3) is 0 Å². The summed E-state index contributed by atoms with van der Waals surface area (Å²) in [6.45, 7) is 3.84. The van der Waals surface area contributed by atoms with E-state index in [4.69, 9.17) is 5.14 Å². The fourth-order valence-electron chi connectivity index (χ4n) is 0.882. The molecule has 0 spiro atoms. The average Bonchev–Trinajstić information content (AvgIpc) is 2.28. The molecule has 0 atom stereocenters. The van der Waals surface area contributed by atoms with Crippen molar-refractivity contribution >= 4 is 32.6 Å².